The normalized spacial score (nSPS) is 11.5. The van der Waals surface area contributed by atoms with Gasteiger partial charge in [0, 0.05) is 11.1 Å². The molecule has 0 aliphatic carbocycles. The van der Waals surface area contributed by atoms with Gasteiger partial charge in [-0.3, -0.25) is 0 Å². The van der Waals surface area contributed by atoms with E-state index >= 15 is 0 Å². The third-order valence-corrected chi connectivity index (χ3v) is 4.30. The van der Waals surface area contributed by atoms with E-state index in [2.05, 4.69) is 32.0 Å². The van der Waals surface area contributed by atoms with Crippen LogP contribution in [0.3, 0.4) is 0 Å². The number of benzene rings is 1. The molecule has 1 aromatic rings. The van der Waals surface area contributed by atoms with Crippen molar-refractivity contribution in [3.63, 3.8) is 0 Å². The predicted molar refractivity (Wildman–Crippen MR) is 61.5 cm³/mol. The summed E-state index contributed by atoms with van der Waals surface area (Å²) in [5.74, 6) is 0. The van der Waals surface area contributed by atoms with Gasteiger partial charge >= 0.3 is 6.92 Å². The van der Waals surface area contributed by atoms with Crippen LogP contribution in [0.1, 0.15) is 18.1 Å². The topological polar surface area (TPSA) is 9.23 Å². The van der Waals surface area contributed by atoms with Gasteiger partial charge in [0.2, 0.25) is 11.8 Å². The summed E-state index contributed by atoms with van der Waals surface area (Å²) in [4.78, 5) is 0. The molecule has 1 atom stereocenters. The molecule has 0 N–H and O–H groups in total. The highest BCUT2D eigenvalue weighted by Gasteiger charge is 2.20. The highest BCUT2D eigenvalue weighted by Crippen LogP contribution is 2.25. The van der Waals surface area contributed by atoms with Crippen LogP contribution in [0.2, 0.25) is 0 Å². The summed E-state index contributed by atoms with van der Waals surface area (Å²) < 4.78 is 5.47. The summed E-state index contributed by atoms with van der Waals surface area (Å²) in [7, 11) is 0. The summed E-state index contributed by atoms with van der Waals surface area (Å²) in [6.07, 6.45) is 0. The Bertz CT molecular complexity index is 302. The minimum atomic E-state index is -0.834. The van der Waals surface area contributed by atoms with Crippen molar-refractivity contribution in [2.75, 3.05) is 6.61 Å². The van der Waals surface area contributed by atoms with Gasteiger partial charge in [0.25, 0.3) is 0 Å². The second-order valence-electron chi connectivity index (χ2n) is 2.92. The molecular weight excluding hydrogens is 199 g/mol. The Morgan fingerprint density at radius 1 is 1.31 bits per heavy atom. The van der Waals surface area contributed by atoms with Crippen molar-refractivity contribution in [1.29, 1.82) is 0 Å². The van der Waals surface area contributed by atoms with Gasteiger partial charge < -0.3 is 0 Å². The number of hydrogen-bond donors (Lipinski definition) is 0. The van der Waals surface area contributed by atoms with Crippen molar-refractivity contribution in [1.82, 2.24) is 0 Å². The van der Waals surface area contributed by atoms with E-state index < -0.39 is 6.92 Å². The summed E-state index contributed by atoms with van der Waals surface area (Å²) in [6, 6.07) is 6.23. The van der Waals surface area contributed by atoms with Crippen LogP contribution in [0.5, 0.6) is 0 Å². The second-order valence-corrected chi connectivity index (χ2v) is 5.13. The number of hydrogen-bond acceptors (Lipinski definition) is 2. The summed E-state index contributed by atoms with van der Waals surface area (Å²) >= 11 is 5.32. The second kappa shape index (κ2) is 4.80. The maximum atomic E-state index is 5.47. The molecule has 1 unspecified atom stereocenters. The van der Waals surface area contributed by atoms with E-state index in [4.69, 9.17) is 16.3 Å². The Labute approximate surface area is 85.6 Å². The fraction of sp³-hybridized carbons (Fsp3) is 0.400. The van der Waals surface area contributed by atoms with E-state index in [1.54, 1.807) is 0 Å². The first-order valence-electron chi connectivity index (χ1n) is 4.33. The van der Waals surface area contributed by atoms with Crippen LogP contribution in [0, 0.1) is 13.8 Å². The molecule has 3 heteroatoms. The Morgan fingerprint density at radius 3 is 2.31 bits per heavy atom. The van der Waals surface area contributed by atoms with Gasteiger partial charge in [-0.2, -0.15) is 4.52 Å². The van der Waals surface area contributed by atoms with E-state index in [9.17, 15) is 0 Å². The van der Waals surface area contributed by atoms with E-state index in [1.165, 1.54) is 16.4 Å². The lowest BCUT2D eigenvalue weighted by atomic mass is 10.2. The minimum absolute atomic E-state index is 0.697. The Kier molecular flexibility index (Phi) is 3.98. The molecule has 0 amide bonds. The molecule has 0 fully saturated rings. The molecule has 0 aliphatic heterocycles. The van der Waals surface area contributed by atoms with Gasteiger partial charge in [0.1, 0.15) is 0 Å². The van der Waals surface area contributed by atoms with Crippen molar-refractivity contribution in [2.24, 2.45) is 0 Å². The minimum Gasteiger partial charge on any atom is -0.164 e. The summed E-state index contributed by atoms with van der Waals surface area (Å²) in [5, 5.41) is 1.22. The van der Waals surface area contributed by atoms with Gasteiger partial charge in [-0.15, -0.1) is 0 Å². The fourth-order valence-electron chi connectivity index (χ4n) is 1.28. The average molecular weight is 213 g/mol. The van der Waals surface area contributed by atoms with Gasteiger partial charge in [-0.05, 0) is 20.8 Å². The van der Waals surface area contributed by atoms with Gasteiger partial charge in [0.05, 0.1) is 6.61 Å². The van der Waals surface area contributed by atoms with Crippen molar-refractivity contribution in [2.45, 2.75) is 20.8 Å². The molecule has 1 rings (SSSR count). The predicted octanol–water partition coefficient (Wildman–Crippen LogP) is 2.82. The zero-order valence-corrected chi connectivity index (χ0v) is 9.91. The monoisotopic (exact) mass is 213 g/mol. The highest BCUT2D eigenvalue weighted by molar-refractivity contribution is 8.06. The molecule has 0 aromatic heterocycles. The Morgan fingerprint density at radius 2 is 1.85 bits per heavy atom. The molecule has 0 spiro atoms. The molecule has 0 saturated carbocycles. The van der Waals surface area contributed by atoms with Crippen LogP contribution >= 0.6 is 6.92 Å². The van der Waals surface area contributed by atoms with Gasteiger partial charge in [-0.1, -0.05) is 18.2 Å². The van der Waals surface area contributed by atoms with E-state index in [-0.39, 0.29) is 0 Å². The van der Waals surface area contributed by atoms with Crippen molar-refractivity contribution >= 4 is 24.0 Å². The first-order chi connectivity index (χ1) is 6.16. The standard InChI is InChI=1S/C10H14OPS/c1-4-11-12(13)10-8(2)6-5-7-9(10)3/h5-7H,4H2,1-3H3/q+1. The lowest BCUT2D eigenvalue weighted by molar-refractivity contribution is 0.393. The van der Waals surface area contributed by atoms with E-state index in [1.807, 2.05) is 6.92 Å². The number of aryl methyl sites for hydroxylation is 2. The van der Waals surface area contributed by atoms with Crippen LogP contribution in [-0.2, 0) is 16.3 Å². The van der Waals surface area contributed by atoms with E-state index in [0.717, 1.165) is 0 Å². The zero-order valence-electron chi connectivity index (χ0n) is 8.20. The third-order valence-electron chi connectivity index (χ3n) is 1.87. The Balaban J connectivity index is 3.05. The third kappa shape index (κ3) is 2.57. The summed E-state index contributed by atoms with van der Waals surface area (Å²) in [6.45, 7) is 6.02. The van der Waals surface area contributed by atoms with Gasteiger partial charge in [-0.25, -0.2) is 0 Å². The van der Waals surface area contributed by atoms with Crippen molar-refractivity contribution in [3.8, 4) is 0 Å². The maximum Gasteiger partial charge on any atom is 0.378 e. The molecule has 13 heavy (non-hydrogen) atoms. The van der Waals surface area contributed by atoms with Crippen LogP contribution < -0.4 is 5.30 Å². The largest absolute Gasteiger partial charge is 0.378 e. The highest BCUT2D eigenvalue weighted by atomic mass is 32.4. The van der Waals surface area contributed by atoms with Crippen LogP contribution in [-0.4, -0.2) is 6.61 Å². The molecule has 1 nitrogen and oxygen atoms in total. The quantitative estimate of drug-likeness (QED) is 0.714. The molecule has 0 aliphatic rings. The average Bonchev–Trinajstić information content (AvgIpc) is 2.04. The lowest BCUT2D eigenvalue weighted by Crippen LogP contribution is -2.07. The molecule has 0 bridgehead atoms. The molecular formula is C10H14OPS+. The lowest BCUT2D eigenvalue weighted by Gasteiger charge is -1.99. The van der Waals surface area contributed by atoms with E-state index in [0.29, 0.717) is 6.61 Å². The van der Waals surface area contributed by atoms with Crippen LogP contribution in [0.25, 0.3) is 0 Å². The molecule has 0 radical (unpaired) electrons. The van der Waals surface area contributed by atoms with Crippen LogP contribution in [0.4, 0.5) is 0 Å². The first kappa shape index (κ1) is 10.8. The molecule has 1 aromatic carbocycles. The maximum absolute atomic E-state index is 5.47. The fourth-order valence-corrected chi connectivity index (χ4v) is 3.54. The molecule has 70 valence electrons. The van der Waals surface area contributed by atoms with Gasteiger partial charge in [0.15, 0.2) is 5.30 Å². The molecule has 0 saturated heterocycles. The van der Waals surface area contributed by atoms with Crippen molar-refractivity contribution < 1.29 is 4.52 Å². The number of rotatable bonds is 3. The smallest absolute Gasteiger partial charge is 0.164 e. The first-order valence-corrected chi connectivity index (χ1v) is 6.60. The zero-order chi connectivity index (χ0) is 9.84. The van der Waals surface area contributed by atoms with Crippen LogP contribution in [0.15, 0.2) is 18.2 Å². The van der Waals surface area contributed by atoms with Crippen molar-refractivity contribution in [3.05, 3.63) is 29.3 Å². The molecule has 0 heterocycles. The summed E-state index contributed by atoms with van der Waals surface area (Å²) in [5.41, 5.74) is 2.49. The SMILES string of the molecule is CCO[P+](=S)c1c(C)cccc1C. The Hall–Kier alpha value is -0.300.